The van der Waals surface area contributed by atoms with E-state index in [1.807, 2.05) is 12.1 Å². The van der Waals surface area contributed by atoms with E-state index >= 15 is 0 Å². The predicted octanol–water partition coefficient (Wildman–Crippen LogP) is 4.96. The highest BCUT2D eigenvalue weighted by Gasteiger charge is 2.12. The maximum atomic E-state index is 12.2. The van der Waals surface area contributed by atoms with Crippen LogP contribution in [0.15, 0.2) is 34.8 Å². The van der Waals surface area contributed by atoms with Gasteiger partial charge in [-0.05, 0) is 52.7 Å². The molecule has 0 aliphatic heterocycles. The third kappa shape index (κ3) is 2.79. The summed E-state index contributed by atoms with van der Waals surface area (Å²) in [6.45, 7) is 2.08. The van der Waals surface area contributed by atoms with Crippen LogP contribution in [0.1, 0.15) is 27.0 Å². The zero-order valence-corrected chi connectivity index (χ0v) is 12.3. The van der Waals surface area contributed by atoms with Crippen molar-refractivity contribution in [2.45, 2.75) is 13.3 Å². The Morgan fingerprint density at radius 3 is 2.71 bits per heavy atom. The lowest BCUT2D eigenvalue weighted by Crippen LogP contribution is -1.98. The van der Waals surface area contributed by atoms with Crippen LogP contribution in [0.2, 0.25) is 5.02 Å². The number of carbonyl (C=O) groups excluding carboxylic acids is 1. The lowest BCUT2D eigenvalue weighted by atomic mass is 10.1. The van der Waals surface area contributed by atoms with Gasteiger partial charge in [0.25, 0.3) is 0 Å². The van der Waals surface area contributed by atoms with Crippen molar-refractivity contribution in [3.05, 3.63) is 55.1 Å². The first-order chi connectivity index (χ1) is 8.11. The summed E-state index contributed by atoms with van der Waals surface area (Å²) in [5, 5.41) is 0.558. The van der Waals surface area contributed by atoms with E-state index in [1.54, 1.807) is 29.5 Å². The van der Waals surface area contributed by atoms with Crippen LogP contribution >= 0.6 is 38.9 Å². The van der Waals surface area contributed by atoms with Gasteiger partial charge in [0.1, 0.15) is 0 Å². The van der Waals surface area contributed by atoms with Gasteiger partial charge in [-0.2, -0.15) is 0 Å². The molecule has 0 radical (unpaired) electrons. The van der Waals surface area contributed by atoms with Crippen molar-refractivity contribution >= 4 is 44.7 Å². The normalized spacial score (nSPS) is 10.5. The molecule has 0 aliphatic carbocycles. The lowest BCUT2D eigenvalue weighted by Gasteiger charge is -2.00. The van der Waals surface area contributed by atoms with Gasteiger partial charge in [-0.25, -0.2) is 0 Å². The average Bonchev–Trinajstić information content (AvgIpc) is 2.80. The van der Waals surface area contributed by atoms with Crippen molar-refractivity contribution in [3.63, 3.8) is 0 Å². The van der Waals surface area contributed by atoms with Gasteiger partial charge >= 0.3 is 0 Å². The smallest absolute Gasteiger partial charge is 0.203 e. The molecule has 1 aromatic carbocycles. The van der Waals surface area contributed by atoms with Crippen LogP contribution in [0.3, 0.4) is 0 Å². The number of ketones is 1. The highest BCUT2D eigenvalue weighted by molar-refractivity contribution is 9.10. The molecular formula is C13H10BrClOS. The van der Waals surface area contributed by atoms with Crippen LogP contribution in [-0.4, -0.2) is 5.78 Å². The molecule has 0 saturated carbocycles. The van der Waals surface area contributed by atoms with Crippen molar-refractivity contribution in [2.24, 2.45) is 0 Å². The second-order valence-corrected chi connectivity index (χ2v) is 6.01. The van der Waals surface area contributed by atoms with Crippen LogP contribution in [0.25, 0.3) is 0 Å². The Bertz CT molecular complexity index is 562. The van der Waals surface area contributed by atoms with Crippen molar-refractivity contribution in [3.8, 4) is 0 Å². The summed E-state index contributed by atoms with van der Waals surface area (Å²) in [4.78, 5) is 14.2. The maximum Gasteiger partial charge on any atom is 0.203 e. The highest BCUT2D eigenvalue weighted by Crippen LogP contribution is 2.26. The minimum absolute atomic E-state index is 0.0316. The third-order valence-corrected chi connectivity index (χ3v) is 4.88. The molecule has 4 heteroatoms. The first kappa shape index (κ1) is 12.8. The van der Waals surface area contributed by atoms with Gasteiger partial charge in [0.05, 0.1) is 9.90 Å². The number of aryl methyl sites for hydroxylation is 1. The molecule has 0 aliphatic rings. The molecule has 88 valence electrons. The van der Waals surface area contributed by atoms with E-state index in [1.165, 1.54) is 4.88 Å². The topological polar surface area (TPSA) is 17.1 Å². The summed E-state index contributed by atoms with van der Waals surface area (Å²) in [5.41, 5.74) is 0.628. The zero-order valence-electron chi connectivity index (χ0n) is 9.17. The van der Waals surface area contributed by atoms with Crippen LogP contribution < -0.4 is 0 Å². The van der Waals surface area contributed by atoms with Crippen LogP contribution in [0.4, 0.5) is 0 Å². The number of halogens is 2. The largest absolute Gasteiger partial charge is 0.288 e. The number of rotatable bonds is 3. The van der Waals surface area contributed by atoms with E-state index in [-0.39, 0.29) is 5.78 Å². The average molecular weight is 330 g/mol. The monoisotopic (exact) mass is 328 g/mol. The van der Waals surface area contributed by atoms with Crippen molar-refractivity contribution in [2.75, 3.05) is 0 Å². The number of carbonyl (C=O) groups is 1. The number of benzene rings is 1. The van der Waals surface area contributed by atoms with E-state index in [4.69, 9.17) is 11.6 Å². The predicted molar refractivity (Wildman–Crippen MR) is 76.3 cm³/mol. The Morgan fingerprint density at radius 2 is 2.12 bits per heavy atom. The van der Waals surface area contributed by atoms with Crippen molar-refractivity contribution in [1.82, 2.24) is 0 Å². The van der Waals surface area contributed by atoms with Gasteiger partial charge in [0.15, 0.2) is 0 Å². The number of thiophene rings is 1. The molecule has 0 saturated heterocycles. The van der Waals surface area contributed by atoms with Gasteiger partial charge < -0.3 is 0 Å². The van der Waals surface area contributed by atoms with Crippen molar-refractivity contribution in [1.29, 1.82) is 0 Å². The first-order valence-electron chi connectivity index (χ1n) is 5.20. The van der Waals surface area contributed by atoms with Gasteiger partial charge in [-0.15, -0.1) is 11.3 Å². The third-order valence-electron chi connectivity index (χ3n) is 2.42. The Labute approximate surface area is 118 Å². The molecule has 0 fully saturated rings. The Morgan fingerprint density at radius 1 is 1.35 bits per heavy atom. The maximum absolute atomic E-state index is 12.2. The molecular weight excluding hydrogens is 320 g/mol. The van der Waals surface area contributed by atoms with Gasteiger partial charge in [-0.1, -0.05) is 18.5 Å². The molecule has 0 spiro atoms. The second-order valence-electron chi connectivity index (χ2n) is 3.58. The first-order valence-corrected chi connectivity index (χ1v) is 7.19. The van der Waals surface area contributed by atoms with E-state index < -0.39 is 0 Å². The Kier molecular flexibility index (Phi) is 4.02. The molecule has 1 aromatic heterocycles. The summed E-state index contributed by atoms with van der Waals surface area (Å²) in [7, 11) is 0. The molecule has 0 unspecified atom stereocenters. The molecule has 2 rings (SSSR count). The number of hydrogen-bond donors (Lipinski definition) is 0. The summed E-state index contributed by atoms with van der Waals surface area (Å²) >= 11 is 10.8. The number of hydrogen-bond acceptors (Lipinski definition) is 2. The standard InChI is InChI=1S/C13H10BrClOS/c1-2-9-4-6-12(17-9)13(16)8-3-5-10(14)11(15)7-8/h3-7H,2H2,1H3. The van der Waals surface area contributed by atoms with Crippen LogP contribution in [-0.2, 0) is 6.42 Å². The van der Waals surface area contributed by atoms with Crippen molar-refractivity contribution < 1.29 is 4.79 Å². The quantitative estimate of drug-likeness (QED) is 0.728. The van der Waals surface area contributed by atoms with Gasteiger partial charge in [0.2, 0.25) is 5.78 Å². The highest BCUT2D eigenvalue weighted by atomic mass is 79.9. The fourth-order valence-corrected chi connectivity index (χ4v) is 2.81. The molecule has 2 aromatic rings. The zero-order chi connectivity index (χ0) is 12.4. The van der Waals surface area contributed by atoms with Crippen LogP contribution in [0.5, 0.6) is 0 Å². The van der Waals surface area contributed by atoms with Gasteiger partial charge in [-0.3, -0.25) is 4.79 Å². The Balaban J connectivity index is 2.33. The summed E-state index contributed by atoms with van der Waals surface area (Å²) < 4.78 is 0.802. The summed E-state index contributed by atoms with van der Waals surface area (Å²) in [5.74, 6) is 0.0316. The molecule has 17 heavy (non-hydrogen) atoms. The molecule has 0 amide bonds. The molecule has 0 bridgehead atoms. The minimum Gasteiger partial charge on any atom is -0.288 e. The van der Waals surface area contributed by atoms with E-state index in [9.17, 15) is 4.79 Å². The minimum atomic E-state index is 0.0316. The SMILES string of the molecule is CCc1ccc(C(=O)c2ccc(Br)c(Cl)c2)s1. The molecule has 1 heterocycles. The summed E-state index contributed by atoms with van der Waals surface area (Å²) in [6.07, 6.45) is 0.957. The lowest BCUT2D eigenvalue weighted by molar-refractivity contribution is 0.104. The van der Waals surface area contributed by atoms with E-state index in [2.05, 4.69) is 22.9 Å². The van der Waals surface area contributed by atoms with E-state index in [0.717, 1.165) is 15.8 Å². The molecule has 0 atom stereocenters. The Hall–Kier alpha value is -0.640. The summed E-state index contributed by atoms with van der Waals surface area (Å²) in [6, 6.07) is 9.15. The fourth-order valence-electron chi connectivity index (χ4n) is 1.47. The van der Waals surface area contributed by atoms with Crippen LogP contribution in [0, 0.1) is 0 Å². The van der Waals surface area contributed by atoms with E-state index in [0.29, 0.717) is 10.6 Å². The molecule has 0 N–H and O–H groups in total. The second kappa shape index (κ2) is 5.34. The fraction of sp³-hybridized carbons (Fsp3) is 0.154. The molecule has 1 nitrogen and oxygen atoms in total. The van der Waals surface area contributed by atoms with Gasteiger partial charge in [0, 0.05) is 14.9 Å².